The van der Waals surface area contributed by atoms with Gasteiger partial charge in [0.05, 0.1) is 53.3 Å². The Morgan fingerprint density at radius 2 is 1.71 bits per heavy atom. The molecule has 65 heavy (non-hydrogen) atoms. The summed E-state index contributed by atoms with van der Waals surface area (Å²) in [5.41, 5.74) is 1.10. The lowest BCUT2D eigenvalue weighted by Crippen LogP contribution is -2.46. The number of carbonyl (C=O) groups excluding carboxylic acids is 4. The monoisotopic (exact) mass is 896 g/mol. The highest BCUT2D eigenvalue weighted by Crippen LogP contribution is 2.51. The molecule has 1 saturated heterocycles. The van der Waals surface area contributed by atoms with E-state index >= 15 is 0 Å². The van der Waals surface area contributed by atoms with Crippen molar-refractivity contribution in [3.05, 3.63) is 88.0 Å². The van der Waals surface area contributed by atoms with Crippen molar-refractivity contribution < 1.29 is 53.4 Å². The molecule has 17 heteroatoms. The summed E-state index contributed by atoms with van der Waals surface area (Å²) >= 11 is 0. The summed E-state index contributed by atoms with van der Waals surface area (Å²) < 4.78 is 24.0. The molecule has 0 aromatic heterocycles. The number of phenolic OH excluding ortho intramolecular Hbond substituents is 1. The fourth-order valence-electron chi connectivity index (χ4n) is 9.25. The number of nitrogens with one attached hydrogen (secondary N) is 1. The van der Waals surface area contributed by atoms with Crippen LogP contribution >= 0.6 is 0 Å². The van der Waals surface area contributed by atoms with Gasteiger partial charge in [-0.15, -0.1) is 0 Å². The molecule has 348 valence electrons. The number of aliphatic hydroxyl groups is 2. The second kappa shape index (κ2) is 18.5. The predicted molar refractivity (Wildman–Crippen MR) is 242 cm³/mol. The van der Waals surface area contributed by atoms with E-state index in [0.29, 0.717) is 0 Å². The molecular weight excluding hydrogens is 837 g/mol. The fourth-order valence-corrected chi connectivity index (χ4v) is 9.25. The third kappa shape index (κ3) is 8.81. The van der Waals surface area contributed by atoms with Gasteiger partial charge in [-0.05, 0) is 44.7 Å². The van der Waals surface area contributed by atoms with Crippen molar-refractivity contribution in [3.8, 4) is 11.5 Å². The zero-order valence-electron chi connectivity index (χ0n) is 38.6. The average molecular weight is 897 g/mol. The van der Waals surface area contributed by atoms with E-state index in [1.807, 2.05) is 17.2 Å². The molecule has 0 saturated carbocycles. The number of amides is 1. The average Bonchev–Trinajstić information content (AvgIpc) is 3.78. The summed E-state index contributed by atoms with van der Waals surface area (Å²) in [7, 11) is 3.53. The molecule has 0 spiro atoms. The first-order valence-corrected chi connectivity index (χ1v) is 22.0. The lowest BCUT2D eigenvalue weighted by molar-refractivity contribution is -0.160. The van der Waals surface area contributed by atoms with Crippen LogP contribution in [0.15, 0.2) is 75.9 Å². The molecule has 17 nitrogen and oxygen atoms in total. The quantitative estimate of drug-likeness (QED) is 0.249. The second-order valence-corrected chi connectivity index (χ2v) is 18.0. The van der Waals surface area contributed by atoms with Crippen LogP contribution in [0.4, 0.5) is 0 Å². The van der Waals surface area contributed by atoms with Crippen LogP contribution in [0.3, 0.4) is 0 Å². The Labute approximate surface area is 379 Å². The van der Waals surface area contributed by atoms with Crippen LogP contribution in [0.25, 0.3) is 5.70 Å². The molecule has 1 aromatic carbocycles. The molecule has 1 aliphatic carbocycles. The minimum Gasteiger partial charge on any atom is -0.507 e. The van der Waals surface area contributed by atoms with Gasteiger partial charge in [0.1, 0.15) is 29.5 Å². The number of esters is 1. The van der Waals surface area contributed by atoms with E-state index in [9.17, 15) is 34.5 Å². The number of methoxy groups -OCH3 is 1. The zero-order chi connectivity index (χ0) is 47.2. The van der Waals surface area contributed by atoms with Gasteiger partial charge < -0.3 is 49.4 Å². The van der Waals surface area contributed by atoms with Crippen LogP contribution in [0.1, 0.15) is 80.3 Å². The van der Waals surface area contributed by atoms with Crippen molar-refractivity contribution >= 4 is 41.1 Å². The van der Waals surface area contributed by atoms with Gasteiger partial charge in [-0.3, -0.25) is 24.2 Å². The van der Waals surface area contributed by atoms with Gasteiger partial charge in [-0.25, -0.2) is 4.99 Å². The molecule has 5 aliphatic heterocycles. The highest BCUT2D eigenvalue weighted by atomic mass is 16.7. The number of rotatable bonds is 4. The number of phenols is 1. The minimum atomic E-state index is -2.00. The summed E-state index contributed by atoms with van der Waals surface area (Å²) in [5, 5.41) is 45.0. The molecular formula is C48H60N6O11. The van der Waals surface area contributed by atoms with Gasteiger partial charge in [0.15, 0.2) is 0 Å². The van der Waals surface area contributed by atoms with Crippen molar-refractivity contribution in [1.82, 2.24) is 20.1 Å². The Hall–Kier alpha value is -5.88. The molecule has 1 fully saturated rings. The van der Waals surface area contributed by atoms with Crippen molar-refractivity contribution in [2.75, 3.05) is 40.3 Å². The van der Waals surface area contributed by atoms with Crippen molar-refractivity contribution in [2.24, 2.45) is 33.8 Å². The SMILES string of the molecule is CO[C@H]1/C=C/O[C@@]2(C)Oc3c(C)c(O)c4c(c3C2=O)C2=C(/C(=N/C(=O)/C(C)=C\C=C\[C@H](C)[C@H](O)[C@@H](C)[C@@H](O)[C@@H](C)[C@H](OC(C)=O)[C@@H]1C)C4=O)N1C=CC(/C=N/N3CCN(C)CC3)=CC1N2. The number of nitrogens with zero attached hydrogens (tertiary/aromatic N) is 5. The van der Waals surface area contributed by atoms with E-state index in [4.69, 9.17) is 24.0 Å². The Morgan fingerprint density at radius 1 is 1.00 bits per heavy atom. The molecule has 1 amide bonds. The van der Waals surface area contributed by atoms with Crippen molar-refractivity contribution in [1.29, 1.82) is 0 Å². The number of hydrogen-bond acceptors (Lipinski definition) is 16. The number of hydrogen-bond donors (Lipinski definition) is 4. The topological polar surface area (TPSA) is 212 Å². The molecule has 5 heterocycles. The van der Waals surface area contributed by atoms with E-state index < -0.39 is 89.2 Å². The summed E-state index contributed by atoms with van der Waals surface area (Å²) in [6, 6.07) is 0. The number of fused-ring (bicyclic) bond motifs is 5. The number of aromatic hydroxyl groups is 1. The normalized spacial score (nSPS) is 34.7. The number of Topliss-reactive ketones (excluding diaryl/α,β-unsaturated/α-hetero) is 2. The number of piperazine rings is 1. The third-order valence-electron chi connectivity index (χ3n) is 13.4. The van der Waals surface area contributed by atoms with Gasteiger partial charge in [-0.1, -0.05) is 45.9 Å². The summed E-state index contributed by atoms with van der Waals surface area (Å²) in [6.07, 6.45) is 10.3. The molecule has 7 rings (SSSR count). The second-order valence-electron chi connectivity index (χ2n) is 18.0. The number of carbonyl (C=O) groups is 4. The summed E-state index contributed by atoms with van der Waals surface area (Å²) in [6.45, 7) is 16.1. The number of aliphatic imine (C=N–C) groups is 1. The van der Waals surface area contributed by atoms with E-state index in [-0.39, 0.29) is 50.7 Å². The van der Waals surface area contributed by atoms with Crippen molar-refractivity contribution in [2.45, 2.75) is 91.8 Å². The molecule has 4 N–H and O–H groups in total. The number of likely N-dealkylation sites (N-methyl/N-ethyl adjacent to an activating group) is 1. The van der Waals surface area contributed by atoms with E-state index in [1.54, 1.807) is 64.1 Å². The van der Waals surface area contributed by atoms with Gasteiger partial charge in [0, 0.05) is 93.7 Å². The van der Waals surface area contributed by atoms with E-state index in [2.05, 4.69) is 22.3 Å². The summed E-state index contributed by atoms with van der Waals surface area (Å²) in [4.78, 5) is 64.4. The Kier molecular flexibility index (Phi) is 13.4. The maximum Gasteiger partial charge on any atom is 0.312 e. The van der Waals surface area contributed by atoms with Crippen LogP contribution in [0, 0.1) is 30.6 Å². The van der Waals surface area contributed by atoms with Crippen LogP contribution < -0.4 is 10.1 Å². The Morgan fingerprint density at radius 3 is 2.38 bits per heavy atom. The molecule has 10 atom stereocenters. The van der Waals surface area contributed by atoms with Crippen molar-refractivity contribution in [3.63, 3.8) is 0 Å². The lowest BCUT2D eigenvalue weighted by atomic mass is 9.78. The van der Waals surface area contributed by atoms with E-state index in [0.717, 1.165) is 31.8 Å². The maximum atomic E-state index is 14.8. The lowest BCUT2D eigenvalue weighted by Gasteiger charge is -2.38. The highest BCUT2D eigenvalue weighted by molar-refractivity contribution is 6.56. The first-order chi connectivity index (χ1) is 30.8. The molecule has 6 aliphatic rings. The number of ketones is 2. The van der Waals surface area contributed by atoms with Gasteiger partial charge in [-0.2, -0.15) is 5.10 Å². The number of hydrazone groups is 1. The number of aliphatic hydroxyl groups excluding tert-OH is 2. The predicted octanol–water partition coefficient (Wildman–Crippen LogP) is 4.00. The number of allylic oxidation sites excluding steroid dienone is 5. The van der Waals surface area contributed by atoms with Crippen LogP contribution in [-0.4, -0.2) is 142 Å². The largest absolute Gasteiger partial charge is 0.507 e. The standard InChI is InChI=1S/C48H60N6O11/c1-24-12-11-13-25(2)47(61)51-38-39-37(50-33-22-31(14-16-54(33)39)23-49-53-19-17-52(9)18-20-53)34-35(43(38)59)42(58)29(6)45-36(34)46(60)48(8,65-45)63-21-15-32(62-10)26(3)44(64-30(7)55)28(5)41(57)27(4)40(24)56/h11-16,21-24,26-28,32-33,40-41,44,50,56-58H,17-20H2,1-10H3/b12-11+,21-15+,25-13-,49-23+,51-38-/t24-,26+,27+,28+,32-,33?,40-,41+,44+,48-/m0/s1. The zero-order valence-corrected chi connectivity index (χ0v) is 38.6. The molecule has 1 aromatic rings. The molecule has 5 bridgehead atoms. The number of ether oxygens (including phenoxy) is 4. The minimum absolute atomic E-state index is 0.00652. The maximum absolute atomic E-state index is 14.8. The highest BCUT2D eigenvalue weighted by Gasteiger charge is 2.54. The van der Waals surface area contributed by atoms with Crippen LogP contribution in [0.5, 0.6) is 11.5 Å². The van der Waals surface area contributed by atoms with Gasteiger partial charge in [0.2, 0.25) is 5.78 Å². The molecule has 0 radical (unpaired) electrons. The van der Waals surface area contributed by atoms with E-state index in [1.165, 1.54) is 46.3 Å². The Balaban J connectivity index is 1.35. The first-order valence-electron chi connectivity index (χ1n) is 22.0. The number of benzene rings is 1. The molecule has 1 unspecified atom stereocenters. The summed E-state index contributed by atoms with van der Waals surface area (Å²) in [5.74, 6) is -7.65. The smallest absolute Gasteiger partial charge is 0.312 e. The third-order valence-corrected chi connectivity index (χ3v) is 13.4. The van der Waals surface area contributed by atoms with Gasteiger partial charge in [0.25, 0.3) is 11.7 Å². The fraction of sp³-hybridized carbons (Fsp3) is 0.500. The van der Waals surface area contributed by atoms with Gasteiger partial charge >= 0.3 is 11.8 Å². The van der Waals surface area contributed by atoms with Crippen LogP contribution in [-0.2, 0) is 23.8 Å². The Bertz CT molecular complexity index is 2390. The first kappa shape index (κ1) is 47.1. The van der Waals surface area contributed by atoms with Crippen LogP contribution in [0.2, 0.25) is 0 Å².